The van der Waals surface area contributed by atoms with Gasteiger partial charge in [-0.2, -0.15) is 0 Å². The minimum Gasteiger partial charge on any atom is -0.398 e. The quantitative estimate of drug-likeness (QED) is 0.612. The molecule has 0 heterocycles. The summed E-state index contributed by atoms with van der Waals surface area (Å²) in [6.07, 6.45) is 8.24. The Labute approximate surface area is 161 Å². The molecule has 6 rings (SSSR count). The Kier molecular flexibility index (Phi) is 3.70. The van der Waals surface area contributed by atoms with Gasteiger partial charge in [-0.1, -0.05) is 48.9 Å². The number of halogens is 1. The number of nitrogen functional groups attached to an aromatic ring is 1. The number of hydrogen-bond donors (Lipinski definition) is 1. The van der Waals surface area contributed by atoms with Gasteiger partial charge in [0.05, 0.1) is 0 Å². The van der Waals surface area contributed by atoms with Gasteiger partial charge in [-0.25, -0.2) is 0 Å². The van der Waals surface area contributed by atoms with E-state index in [-0.39, 0.29) is 0 Å². The lowest BCUT2D eigenvalue weighted by Gasteiger charge is -2.64. The molecule has 0 aromatic heterocycles. The number of benzene rings is 2. The highest BCUT2D eigenvalue weighted by Crippen LogP contribution is 2.69. The van der Waals surface area contributed by atoms with Gasteiger partial charge < -0.3 is 5.73 Å². The number of hydrogen-bond acceptors (Lipinski definition) is 1. The SMILES string of the molecule is CC(c1ccccc1N)C12CC3CC(CC(c4ccc(Cl)cc4)(C3)C1)C2. The summed E-state index contributed by atoms with van der Waals surface area (Å²) in [5, 5.41) is 0.846. The first-order valence-corrected chi connectivity index (χ1v) is 10.5. The maximum absolute atomic E-state index is 6.39. The lowest BCUT2D eigenvalue weighted by Crippen LogP contribution is -2.55. The van der Waals surface area contributed by atoms with Crippen molar-refractivity contribution >= 4 is 17.3 Å². The van der Waals surface area contributed by atoms with Crippen LogP contribution >= 0.6 is 11.6 Å². The van der Waals surface area contributed by atoms with Crippen LogP contribution in [0.5, 0.6) is 0 Å². The van der Waals surface area contributed by atoms with Crippen molar-refractivity contribution < 1.29 is 0 Å². The van der Waals surface area contributed by atoms with Crippen LogP contribution in [0.15, 0.2) is 48.5 Å². The Hall–Kier alpha value is -1.47. The molecule has 136 valence electrons. The van der Waals surface area contributed by atoms with Crippen LogP contribution in [-0.4, -0.2) is 0 Å². The first-order valence-electron chi connectivity index (χ1n) is 10.1. The topological polar surface area (TPSA) is 26.0 Å². The summed E-state index contributed by atoms with van der Waals surface area (Å²) < 4.78 is 0. The molecule has 3 atom stereocenters. The normalized spacial score (nSPS) is 36.2. The van der Waals surface area contributed by atoms with Gasteiger partial charge >= 0.3 is 0 Å². The van der Waals surface area contributed by atoms with E-state index in [9.17, 15) is 0 Å². The van der Waals surface area contributed by atoms with Crippen molar-refractivity contribution in [2.45, 2.75) is 56.8 Å². The van der Waals surface area contributed by atoms with Crippen LogP contribution in [0, 0.1) is 17.3 Å². The molecule has 4 aliphatic carbocycles. The van der Waals surface area contributed by atoms with Crippen molar-refractivity contribution in [3.63, 3.8) is 0 Å². The van der Waals surface area contributed by atoms with Gasteiger partial charge in [0.15, 0.2) is 0 Å². The highest BCUT2D eigenvalue weighted by Gasteiger charge is 2.59. The molecule has 3 unspecified atom stereocenters. The Morgan fingerprint density at radius 2 is 1.62 bits per heavy atom. The Bertz CT molecular complexity index is 810. The van der Waals surface area contributed by atoms with Crippen LogP contribution in [0.2, 0.25) is 5.02 Å². The van der Waals surface area contributed by atoms with Crippen LogP contribution in [0.25, 0.3) is 0 Å². The summed E-state index contributed by atoms with van der Waals surface area (Å²) in [4.78, 5) is 0. The fourth-order valence-corrected chi connectivity index (χ4v) is 7.34. The third-order valence-corrected chi connectivity index (χ3v) is 8.20. The van der Waals surface area contributed by atoms with Crippen molar-refractivity contribution in [3.8, 4) is 0 Å². The maximum atomic E-state index is 6.39. The van der Waals surface area contributed by atoms with Crippen LogP contribution in [0.4, 0.5) is 5.69 Å². The molecule has 2 aromatic carbocycles. The zero-order chi connectivity index (χ0) is 17.9. The molecule has 26 heavy (non-hydrogen) atoms. The second kappa shape index (κ2) is 5.76. The molecule has 2 aromatic rings. The predicted molar refractivity (Wildman–Crippen MR) is 110 cm³/mol. The highest BCUT2D eigenvalue weighted by molar-refractivity contribution is 6.30. The molecular weight excluding hydrogens is 338 g/mol. The lowest BCUT2D eigenvalue weighted by atomic mass is 9.40. The summed E-state index contributed by atoms with van der Waals surface area (Å²) in [6.45, 7) is 2.44. The lowest BCUT2D eigenvalue weighted by molar-refractivity contribution is -0.0838. The molecule has 0 aliphatic heterocycles. The average molecular weight is 366 g/mol. The molecule has 2 heteroatoms. The molecule has 0 radical (unpaired) electrons. The van der Waals surface area contributed by atoms with E-state index in [0.717, 1.165) is 22.5 Å². The van der Waals surface area contributed by atoms with E-state index in [4.69, 9.17) is 17.3 Å². The van der Waals surface area contributed by atoms with Gasteiger partial charge in [0, 0.05) is 10.7 Å². The van der Waals surface area contributed by atoms with E-state index in [1.54, 1.807) is 0 Å². The van der Waals surface area contributed by atoms with Crippen molar-refractivity contribution in [1.82, 2.24) is 0 Å². The molecule has 0 amide bonds. The molecule has 1 nitrogen and oxygen atoms in total. The highest BCUT2D eigenvalue weighted by atomic mass is 35.5. The van der Waals surface area contributed by atoms with E-state index in [0.29, 0.717) is 16.7 Å². The zero-order valence-corrected chi connectivity index (χ0v) is 16.3. The molecular formula is C24H28ClN. The summed E-state index contributed by atoms with van der Waals surface area (Å²) in [7, 11) is 0. The maximum Gasteiger partial charge on any atom is 0.0406 e. The zero-order valence-electron chi connectivity index (χ0n) is 15.5. The van der Waals surface area contributed by atoms with Crippen LogP contribution < -0.4 is 5.73 Å². The molecule has 4 fully saturated rings. The van der Waals surface area contributed by atoms with Gasteiger partial charge in [-0.05, 0) is 96.4 Å². The smallest absolute Gasteiger partial charge is 0.0406 e. The summed E-state index contributed by atoms with van der Waals surface area (Å²) >= 11 is 6.18. The van der Waals surface area contributed by atoms with Crippen molar-refractivity contribution in [2.75, 3.05) is 5.73 Å². The van der Waals surface area contributed by atoms with Gasteiger partial charge in [-0.15, -0.1) is 0 Å². The number of rotatable bonds is 3. The molecule has 0 saturated heterocycles. The Morgan fingerprint density at radius 1 is 0.962 bits per heavy atom. The first-order chi connectivity index (χ1) is 12.5. The predicted octanol–water partition coefficient (Wildman–Crippen LogP) is 6.56. The van der Waals surface area contributed by atoms with Crippen molar-refractivity contribution in [3.05, 3.63) is 64.7 Å². The van der Waals surface area contributed by atoms with Crippen LogP contribution in [0.3, 0.4) is 0 Å². The minimum absolute atomic E-state index is 0.354. The van der Waals surface area contributed by atoms with Crippen LogP contribution in [-0.2, 0) is 5.41 Å². The third-order valence-electron chi connectivity index (χ3n) is 7.94. The third kappa shape index (κ3) is 2.43. The summed E-state index contributed by atoms with van der Waals surface area (Å²) in [5.74, 6) is 2.28. The second-order valence-corrected chi connectivity index (χ2v) is 9.90. The minimum atomic E-state index is 0.354. The fourth-order valence-electron chi connectivity index (χ4n) is 7.22. The van der Waals surface area contributed by atoms with E-state index >= 15 is 0 Å². The monoisotopic (exact) mass is 365 g/mol. The fraction of sp³-hybridized carbons (Fsp3) is 0.500. The summed E-state index contributed by atoms with van der Waals surface area (Å²) in [5.41, 5.74) is 11.0. The summed E-state index contributed by atoms with van der Waals surface area (Å²) in [6, 6.07) is 17.3. The van der Waals surface area contributed by atoms with Crippen molar-refractivity contribution in [1.29, 1.82) is 0 Å². The van der Waals surface area contributed by atoms with E-state index in [2.05, 4.69) is 55.5 Å². The first kappa shape index (κ1) is 16.7. The van der Waals surface area contributed by atoms with Gasteiger partial charge in [0.1, 0.15) is 0 Å². The van der Waals surface area contributed by atoms with Gasteiger partial charge in [-0.3, -0.25) is 0 Å². The van der Waals surface area contributed by atoms with E-state index in [1.807, 2.05) is 0 Å². The molecule has 4 saturated carbocycles. The Balaban J connectivity index is 1.56. The average Bonchev–Trinajstić information content (AvgIpc) is 2.61. The van der Waals surface area contributed by atoms with E-state index < -0.39 is 0 Å². The standard InChI is InChI=1S/C24H28ClN/c1-16(21-4-2-3-5-22(21)26)23-11-17-10-18(12-23)14-24(13-17,15-23)19-6-8-20(25)9-7-19/h2-9,16-18H,10-15,26H2,1H3. The molecule has 0 spiro atoms. The largest absolute Gasteiger partial charge is 0.398 e. The molecule has 4 aliphatic rings. The van der Waals surface area contributed by atoms with Crippen molar-refractivity contribution in [2.24, 2.45) is 17.3 Å². The van der Waals surface area contributed by atoms with Gasteiger partial charge in [0.25, 0.3) is 0 Å². The van der Waals surface area contributed by atoms with Crippen LogP contribution in [0.1, 0.15) is 62.5 Å². The number of para-hydroxylation sites is 1. The number of anilines is 1. The number of nitrogens with two attached hydrogens (primary N) is 1. The van der Waals surface area contributed by atoms with Gasteiger partial charge in [0.2, 0.25) is 0 Å². The van der Waals surface area contributed by atoms with E-state index in [1.165, 1.54) is 49.7 Å². The molecule has 2 N–H and O–H groups in total. The molecule has 4 bridgehead atoms. The Morgan fingerprint density at radius 3 is 2.27 bits per heavy atom. The second-order valence-electron chi connectivity index (χ2n) is 9.46.